The molecule has 0 spiro atoms. The van der Waals surface area contributed by atoms with Crippen molar-refractivity contribution in [3.05, 3.63) is 0 Å². The van der Waals surface area contributed by atoms with Crippen LogP contribution in [0.4, 0.5) is 0 Å². The summed E-state index contributed by atoms with van der Waals surface area (Å²) in [6.45, 7) is 8.15. The van der Waals surface area contributed by atoms with Crippen molar-refractivity contribution < 1.29 is 4.74 Å². The number of aliphatic imine (C=N–C) groups is 1. The van der Waals surface area contributed by atoms with Crippen LogP contribution in [0.5, 0.6) is 0 Å². The fourth-order valence-corrected chi connectivity index (χ4v) is 2.27. The molecule has 1 fully saturated rings. The van der Waals surface area contributed by atoms with E-state index in [1.54, 1.807) is 7.11 Å². The second-order valence-electron chi connectivity index (χ2n) is 5.09. The molecule has 1 heterocycles. The smallest absolute Gasteiger partial charge is 0.208 e. The van der Waals surface area contributed by atoms with Crippen molar-refractivity contribution in [2.75, 3.05) is 20.3 Å². The molecular weight excluding hydrogens is 216 g/mol. The Morgan fingerprint density at radius 2 is 2.24 bits per heavy atom. The lowest BCUT2D eigenvalue weighted by atomic mass is 9.95. The molecule has 0 bridgehead atoms. The maximum Gasteiger partial charge on any atom is 0.208 e. The van der Waals surface area contributed by atoms with Gasteiger partial charge in [-0.25, -0.2) is 10.8 Å². The second-order valence-corrected chi connectivity index (χ2v) is 5.09. The number of piperidine rings is 1. The van der Waals surface area contributed by atoms with Crippen LogP contribution in [0.2, 0.25) is 0 Å². The number of nitrogens with two attached hydrogens (primary N) is 1. The monoisotopic (exact) mass is 242 g/mol. The number of likely N-dealkylation sites (tertiary alicyclic amines) is 1. The molecule has 3 atom stereocenters. The number of ether oxygens (including phenoxy) is 1. The van der Waals surface area contributed by atoms with Crippen molar-refractivity contribution in [2.24, 2.45) is 16.8 Å². The Morgan fingerprint density at radius 1 is 1.53 bits per heavy atom. The summed E-state index contributed by atoms with van der Waals surface area (Å²) in [6.07, 6.45) is 2.48. The zero-order valence-corrected chi connectivity index (χ0v) is 11.4. The standard InChI is InChI=1S/C12H26N4O/c1-9-5-6-11(3)16(7-9)12(15-13)14-10(2)8-17-4/h9-11H,5-8,13H2,1-4H3,(H,14,15). The van der Waals surface area contributed by atoms with Crippen LogP contribution >= 0.6 is 0 Å². The second kappa shape index (κ2) is 6.81. The van der Waals surface area contributed by atoms with Gasteiger partial charge in [-0.15, -0.1) is 0 Å². The number of nitrogens with zero attached hydrogens (tertiary/aromatic N) is 2. The lowest BCUT2D eigenvalue weighted by Crippen LogP contribution is -2.52. The molecule has 1 saturated heterocycles. The van der Waals surface area contributed by atoms with E-state index in [0.29, 0.717) is 18.6 Å². The maximum absolute atomic E-state index is 5.59. The van der Waals surface area contributed by atoms with Gasteiger partial charge >= 0.3 is 0 Å². The van der Waals surface area contributed by atoms with Crippen LogP contribution in [0.15, 0.2) is 4.99 Å². The molecule has 5 heteroatoms. The molecule has 100 valence electrons. The third-order valence-corrected chi connectivity index (χ3v) is 3.27. The number of guanidine groups is 1. The molecule has 3 N–H and O–H groups in total. The van der Waals surface area contributed by atoms with Gasteiger partial charge in [0.05, 0.1) is 12.6 Å². The third-order valence-electron chi connectivity index (χ3n) is 3.27. The zero-order chi connectivity index (χ0) is 12.8. The summed E-state index contributed by atoms with van der Waals surface area (Å²) in [6, 6.07) is 0.617. The van der Waals surface area contributed by atoms with Gasteiger partial charge in [0.25, 0.3) is 0 Å². The average molecular weight is 242 g/mol. The van der Waals surface area contributed by atoms with E-state index >= 15 is 0 Å². The van der Waals surface area contributed by atoms with Crippen molar-refractivity contribution in [3.63, 3.8) is 0 Å². The van der Waals surface area contributed by atoms with E-state index in [9.17, 15) is 0 Å². The molecule has 17 heavy (non-hydrogen) atoms. The van der Waals surface area contributed by atoms with Gasteiger partial charge in [-0.3, -0.25) is 5.43 Å². The van der Waals surface area contributed by atoms with Crippen LogP contribution in [0.1, 0.15) is 33.6 Å². The molecule has 0 aliphatic carbocycles. The lowest BCUT2D eigenvalue weighted by Gasteiger charge is -2.38. The largest absolute Gasteiger partial charge is 0.382 e. The first-order chi connectivity index (χ1) is 8.08. The van der Waals surface area contributed by atoms with Gasteiger partial charge in [0.2, 0.25) is 5.96 Å². The zero-order valence-electron chi connectivity index (χ0n) is 11.4. The van der Waals surface area contributed by atoms with E-state index in [0.717, 1.165) is 12.5 Å². The number of nitrogens with one attached hydrogen (secondary N) is 1. The minimum Gasteiger partial charge on any atom is -0.382 e. The molecular formula is C12H26N4O. The van der Waals surface area contributed by atoms with Crippen molar-refractivity contribution in [1.29, 1.82) is 0 Å². The minimum absolute atomic E-state index is 0.121. The predicted molar refractivity (Wildman–Crippen MR) is 70.7 cm³/mol. The van der Waals surface area contributed by atoms with Crippen LogP contribution in [0.25, 0.3) is 0 Å². The van der Waals surface area contributed by atoms with E-state index in [4.69, 9.17) is 10.6 Å². The lowest BCUT2D eigenvalue weighted by molar-refractivity contribution is 0.180. The van der Waals surface area contributed by atoms with Crippen molar-refractivity contribution >= 4 is 5.96 Å². The first-order valence-electron chi connectivity index (χ1n) is 6.38. The number of hydrazine groups is 1. The van der Waals surface area contributed by atoms with Gasteiger partial charge < -0.3 is 9.64 Å². The van der Waals surface area contributed by atoms with Crippen LogP contribution in [0.3, 0.4) is 0 Å². The quantitative estimate of drug-likeness (QED) is 0.335. The molecule has 0 saturated carbocycles. The third kappa shape index (κ3) is 4.16. The molecule has 5 nitrogen and oxygen atoms in total. The average Bonchev–Trinajstić information content (AvgIpc) is 2.30. The van der Waals surface area contributed by atoms with Crippen molar-refractivity contribution in [1.82, 2.24) is 10.3 Å². The summed E-state index contributed by atoms with van der Waals surface area (Å²) < 4.78 is 5.09. The first kappa shape index (κ1) is 14.3. The number of hydrogen-bond donors (Lipinski definition) is 2. The van der Waals surface area contributed by atoms with Crippen LogP contribution in [-0.2, 0) is 4.74 Å². The summed E-state index contributed by atoms with van der Waals surface area (Å²) in [7, 11) is 1.69. The topological polar surface area (TPSA) is 62.9 Å². The fourth-order valence-electron chi connectivity index (χ4n) is 2.27. The highest BCUT2D eigenvalue weighted by molar-refractivity contribution is 5.80. The van der Waals surface area contributed by atoms with Gasteiger partial charge in [-0.1, -0.05) is 6.92 Å². The highest BCUT2D eigenvalue weighted by Crippen LogP contribution is 2.21. The Hall–Kier alpha value is -0.810. The maximum atomic E-state index is 5.59. The molecule has 1 rings (SSSR count). The van der Waals surface area contributed by atoms with E-state index < -0.39 is 0 Å². The van der Waals surface area contributed by atoms with Crippen LogP contribution < -0.4 is 11.3 Å². The minimum atomic E-state index is 0.121. The molecule has 1 aliphatic heterocycles. The molecule has 1 aliphatic rings. The van der Waals surface area contributed by atoms with Crippen molar-refractivity contribution in [2.45, 2.75) is 45.7 Å². The highest BCUT2D eigenvalue weighted by Gasteiger charge is 2.25. The Kier molecular flexibility index (Phi) is 5.71. The normalized spacial score (nSPS) is 28.1. The molecule has 0 radical (unpaired) electrons. The number of methoxy groups -OCH3 is 1. The highest BCUT2D eigenvalue weighted by atomic mass is 16.5. The number of rotatable bonds is 3. The summed E-state index contributed by atoms with van der Waals surface area (Å²) in [5, 5.41) is 0. The van der Waals surface area contributed by atoms with Gasteiger partial charge in [0, 0.05) is 19.7 Å². The fraction of sp³-hybridized carbons (Fsp3) is 0.917. The van der Waals surface area contributed by atoms with Crippen molar-refractivity contribution in [3.8, 4) is 0 Å². The molecule has 0 aromatic heterocycles. The first-order valence-corrected chi connectivity index (χ1v) is 6.38. The SMILES string of the molecule is COCC(C)N=C(NN)N1CC(C)CCC1C. The van der Waals surface area contributed by atoms with Gasteiger partial charge in [0.1, 0.15) is 0 Å². The summed E-state index contributed by atoms with van der Waals surface area (Å²) in [5.74, 6) is 7.07. The summed E-state index contributed by atoms with van der Waals surface area (Å²) in [5.41, 5.74) is 2.73. The van der Waals surface area contributed by atoms with Gasteiger partial charge in [0.15, 0.2) is 0 Å². The van der Waals surface area contributed by atoms with Crippen LogP contribution in [0, 0.1) is 5.92 Å². The molecule has 0 aromatic rings. The van der Waals surface area contributed by atoms with E-state index in [-0.39, 0.29) is 6.04 Å². The van der Waals surface area contributed by atoms with Gasteiger partial charge in [-0.05, 0) is 32.6 Å². The Bertz CT molecular complexity index is 257. The number of hydrogen-bond acceptors (Lipinski definition) is 3. The Balaban J connectivity index is 2.70. The van der Waals surface area contributed by atoms with Crippen LogP contribution in [-0.4, -0.2) is 43.2 Å². The van der Waals surface area contributed by atoms with Gasteiger partial charge in [-0.2, -0.15) is 0 Å². The Labute approximate surface area is 104 Å². The molecule has 0 aromatic carbocycles. The van der Waals surface area contributed by atoms with E-state index in [1.165, 1.54) is 12.8 Å². The molecule has 0 amide bonds. The van der Waals surface area contributed by atoms with E-state index in [2.05, 4.69) is 29.2 Å². The summed E-state index contributed by atoms with van der Waals surface area (Å²) >= 11 is 0. The predicted octanol–water partition coefficient (Wildman–Crippen LogP) is 0.961. The van der Waals surface area contributed by atoms with E-state index in [1.807, 2.05) is 6.92 Å². The summed E-state index contributed by atoms with van der Waals surface area (Å²) in [4.78, 5) is 6.84. The molecule has 3 unspecified atom stereocenters. The Morgan fingerprint density at radius 3 is 2.82 bits per heavy atom.